The molecule has 0 aliphatic heterocycles. The van der Waals surface area contributed by atoms with Crippen molar-refractivity contribution in [1.29, 1.82) is 5.26 Å². The third-order valence-corrected chi connectivity index (χ3v) is 5.56. The summed E-state index contributed by atoms with van der Waals surface area (Å²) >= 11 is 0. The maximum absolute atomic E-state index is 12.3. The second-order valence-corrected chi connectivity index (χ2v) is 8.09. The zero-order valence-corrected chi connectivity index (χ0v) is 14.7. The Labute approximate surface area is 143 Å². The summed E-state index contributed by atoms with van der Waals surface area (Å²) in [5.74, 6) is -0.424. The van der Waals surface area contributed by atoms with E-state index >= 15 is 0 Å². The largest absolute Gasteiger partial charge is 0.324 e. The van der Waals surface area contributed by atoms with Crippen LogP contribution in [0.15, 0.2) is 24.3 Å². The van der Waals surface area contributed by atoms with Crippen molar-refractivity contribution in [3.8, 4) is 6.07 Å². The van der Waals surface area contributed by atoms with Gasteiger partial charge < -0.3 is 5.32 Å². The third-order valence-electron chi connectivity index (χ3n) is 4.28. The van der Waals surface area contributed by atoms with Gasteiger partial charge in [0.1, 0.15) is 6.07 Å². The van der Waals surface area contributed by atoms with Crippen LogP contribution in [0.5, 0.6) is 0 Å². The van der Waals surface area contributed by atoms with Crippen LogP contribution in [-0.4, -0.2) is 37.5 Å². The number of carbonyl (C=O) groups excluding carboxylic acids is 1. The molecule has 6 nitrogen and oxygen atoms in total. The number of nitriles is 1. The van der Waals surface area contributed by atoms with Crippen molar-refractivity contribution in [2.75, 3.05) is 18.1 Å². The lowest BCUT2D eigenvalue weighted by molar-refractivity contribution is -0.116. The minimum Gasteiger partial charge on any atom is -0.324 e. The Hall–Kier alpha value is -1.91. The molecule has 7 heteroatoms. The monoisotopic (exact) mass is 349 g/mol. The Morgan fingerprint density at radius 3 is 2.46 bits per heavy atom. The molecule has 0 heterocycles. The first kappa shape index (κ1) is 18.4. The molecule has 1 aliphatic carbocycles. The van der Waals surface area contributed by atoms with Crippen molar-refractivity contribution in [2.45, 2.75) is 44.6 Å². The van der Waals surface area contributed by atoms with Crippen LogP contribution in [0, 0.1) is 11.3 Å². The van der Waals surface area contributed by atoms with E-state index in [0.29, 0.717) is 11.3 Å². The fourth-order valence-corrected chi connectivity index (χ4v) is 4.19. The van der Waals surface area contributed by atoms with Crippen molar-refractivity contribution < 1.29 is 13.2 Å². The summed E-state index contributed by atoms with van der Waals surface area (Å²) in [6, 6.07) is 8.55. The predicted octanol–water partition coefficient (Wildman–Crippen LogP) is 2.48. The van der Waals surface area contributed by atoms with E-state index in [-0.39, 0.29) is 12.6 Å². The summed E-state index contributed by atoms with van der Waals surface area (Å²) in [7, 11) is -3.48. The van der Waals surface area contributed by atoms with E-state index in [1.807, 2.05) is 6.07 Å². The average Bonchev–Trinajstić information content (AvgIpc) is 2.81. The molecule has 1 fully saturated rings. The van der Waals surface area contributed by atoms with E-state index in [2.05, 4.69) is 5.32 Å². The number of rotatable bonds is 5. The van der Waals surface area contributed by atoms with Crippen LogP contribution in [0.3, 0.4) is 0 Å². The number of nitrogens with one attached hydrogen (secondary N) is 1. The molecule has 0 aromatic heterocycles. The number of sulfonamides is 1. The summed E-state index contributed by atoms with van der Waals surface area (Å²) in [6.07, 6.45) is 6.90. The van der Waals surface area contributed by atoms with Gasteiger partial charge in [-0.15, -0.1) is 0 Å². The van der Waals surface area contributed by atoms with E-state index in [0.717, 1.165) is 44.8 Å². The lowest BCUT2D eigenvalue weighted by atomic mass is 10.1. The standard InChI is InChI=1S/C17H23N3O3S/c1-24(22,23)20(15-9-4-2-3-5-10-15)13-17(21)19-16-11-7-6-8-14(16)12-18/h6-8,11,15H,2-5,9-10,13H2,1H3,(H,19,21). The zero-order chi connectivity index (χ0) is 17.6. The first-order valence-corrected chi connectivity index (χ1v) is 10.0. The first-order valence-electron chi connectivity index (χ1n) is 8.17. The highest BCUT2D eigenvalue weighted by molar-refractivity contribution is 7.88. The number of nitrogens with zero attached hydrogens (tertiary/aromatic N) is 2. The first-order chi connectivity index (χ1) is 11.4. The molecule has 1 N–H and O–H groups in total. The summed E-state index contributed by atoms with van der Waals surface area (Å²) < 4.78 is 25.6. The molecule has 1 amide bonds. The number of hydrogen-bond donors (Lipinski definition) is 1. The van der Waals surface area contributed by atoms with Gasteiger partial charge in [0.05, 0.1) is 24.1 Å². The highest BCUT2D eigenvalue weighted by Gasteiger charge is 2.29. The molecule has 0 radical (unpaired) electrons. The molecule has 130 valence electrons. The summed E-state index contributed by atoms with van der Waals surface area (Å²) in [6.45, 7) is -0.219. The quantitative estimate of drug-likeness (QED) is 0.827. The summed E-state index contributed by atoms with van der Waals surface area (Å²) in [4.78, 5) is 12.3. The lowest BCUT2D eigenvalue weighted by Crippen LogP contribution is -2.44. The Kier molecular flexibility index (Phi) is 6.35. The van der Waals surface area contributed by atoms with Gasteiger partial charge in [0, 0.05) is 6.04 Å². The van der Waals surface area contributed by atoms with Crippen LogP contribution in [0.25, 0.3) is 0 Å². The van der Waals surface area contributed by atoms with E-state index in [1.54, 1.807) is 24.3 Å². The molecule has 0 saturated heterocycles. The molecule has 24 heavy (non-hydrogen) atoms. The van der Waals surface area contributed by atoms with Gasteiger partial charge in [0.25, 0.3) is 0 Å². The van der Waals surface area contributed by atoms with Crippen LogP contribution in [0.4, 0.5) is 5.69 Å². The molecule has 0 spiro atoms. The van der Waals surface area contributed by atoms with Gasteiger partial charge >= 0.3 is 0 Å². The molecule has 1 saturated carbocycles. The van der Waals surface area contributed by atoms with Crippen LogP contribution in [0.2, 0.25) is 0 Å². The van der Waals surface area contributed by atoms with Gasteiger partial charge in [-0.25, -0.2) is 8.42 Å². The SMILES string of the molecule is CS(=O)(=O)N(CC(=O)Nc1ccccc1C#N)C1CCCCCC1. The molecular formula is C17H23N3O3S. The Bertz CT molecular complexity index is 717. The maximum atomic E-state index is 12.3. The van der Waals surface area contributed by atoms with Crippen molar-refractivity contribution in [3.05, 3.63) is 29.8 Å². The third kappa shape index (κ3) is 5.05. The van der Waals surface area contributed by atoms with Crippen LogP contribution < -0.4 is 5.32 Å². The normalized spacial score (nSPS) is 16.4. The van der Waals surface area contributed by atoms with Gasteiger partial charge in [-0.3, -0.25) is 4.79 Å². The van der Waals surface area contributed by atoms with Crippen molar-refractivity contribution in [1.82, 2.24) is 4.31 Å². The topological polar surface area (TPSA) is 90.3 Å². The van der Waals surface area contributed by atoms with Crippen LogP contribution in [0.1, 0.15) is 44.1 Å². The number of para-hydroxylation sites is 1. The van der Waals surface area contributed by atoms with Crippen LogP contribution in [-0.2, 0) is 14.8 Å². The highest BCUT2D eigenvalue weighted by Crippen LogP contribution is 2.24. The second kappa shape index (κ2) is 8.27. The van der Waals surface area contributed by atoms with Gasteiger partial charge in [0.2, 0.25) is 15.9 Å². The summed E-state index contributed by atoms with van der Waals surface area (Å²) in [5, 5.41) is 11.7. The summed E-state index contributed by atoms with van der Waals surface area (Å²) in [5.41, 5.74) is 0.755. The van der Waals surface area contributed by atoms with E-state index in [1.165, 1.54) is 4.31 Å². The fraction of sp³-hybridized carbons (Fsp3) is 0.529. The minimum absolute atomic E-state index is 0.125. The van der Waals surface area contributed by atoms with E-state index in [4.69, 9.17) is 5.26 Å². The van der Waals surface area contributed by atoms with Crippen LogP contribution >= 0.6 is 0 Å². The number of amides is 1. The maximum Gasteiger partial charge on any atom is 0.239 e. The number of carbonyl (C=O) groups is 1. The second-order valence-electron chi connectivity index (χ2n) is 6.16. The lowest BCUT2D eigenvalue weighted by Gasteiger charge is -2.28. The number of anilines is 1. The van der Waals surface area contributed by atoms with Gasteiger partial charge in [-0.05, 0) is 25.0 Å². The molecular weight excluding hydrogens is 326 g/mol. The van der Waals surface area contributed by atoms with Gasteiger partial charge in [-0.1, -0.05) is 37.8 Å². The predicted molar refractivity (Wildman–Crippen MR) is 92.8 cm³/mol. The van der Waals surface area contributed by atoms with Crippen molar-refractivity contribution in [2.24, 2.45) is 0 Å². The average molecular weight is 349 g/mol. The highest BCUT2D eigenvalue weighted by atomic mass is 32.2. The molecule has 0 atom stereocenters. The molecule has 0 bridgehead atoms. The van der Waals surface area contributed by atoms with E-state index < -0.39 is 15.9 Å². The molecule has 1 aromatic rings. The molecule has 2 rings (SSSR count). The Balaban J connectivity index is 2.11. The van der Waals surface area contributed by atoms with Gasteiger partial charge in [-0.2, -0.15) is 9.57 Å². The zero-order valence-electron chi connectivity index (χ0n) is 13.9. The Morgan fingerprint density at radius 1 is 1.25 bits per heavy atom. The number of benzene rings is 1. The van der Waals surface area contributed by atoms with Gasteiger partial charge in [0.15, 0.2) is 0 Å². The van der Waals surface area contributed by atoms with E-state index in [9.17, 15) is 13.2 Å². The van der Waals surface area contributed by atoms with Crippen molar-refractivity contribution in [3.63, 3.8) is 0 Å². The molecule has 0 unspecified atom stereocenters. The molecule has 1 aliphatic rings. The minimum atomic E-state index is -3.48. The fourth-order valence-electron chi connectivity index (χ4n) is 3.08. The smallest absolute Gasteiger partial charge is 0.239 e. The van der Waals surface area contributed by atoms with Crippen molar-refractivity contribution >= 4 is 21.6 Å². The Morgan fingerprint density at radius 2 is 1.88 bits per heavy atom. The number of hydrogen-bond acceptors (Lipinski definition) is 4. The molecule has 1 aromatic carbocycles.